The predicted octanol–water partition coefficient (Wildman–Crippen LogP) is 13.5. The monoisotopic (exact) mass is 757 g/mol. The quantitative estimate of drug-likeness (QED) is 0.0389. The van der Waals surface area contributed by atoms with Gasteiger partial charge in [0.2, 0.25) is 0 Å². The summed E-state index contributed by atoms with van der Waals surface area (Å²) in [5.74, 6) is -0.564. The van der Waals surface area contributed by atoms with E-state index in [4.69, 9.17) is 23.0 Å². The smallest absolute Gasteiger partial charge is 0.333 e. The molecule has 0 radical (unpaired) electrons. The van der Waals surface area contributed by atoms with Crippen molar-refractivity contribution in [3.63, 3.8) is 0 Å². The van der Waals surface area contributed by atoms with Crippen LogP contribution in [0.1, 0.15) is 179 Å². The SMILES string of the molecule is CCCCCCCCCCCCCC(=O)OCC(COP(OCc1ccccc1)OCc1ccccc1)OC(=O)CCCCCCCCCCCCC. The molecule has 300 valence electrons. The molecule has 0 aliphatic heterocycles. The number of benzene rings is 2. The molecule has 2 rings (SSSR count). The minimum atomic E-state index is -1.77. The highest BCUT2D eigenvalue weighted by molar-refractivity contribution is 7.41. The molecular weight excluding hydrogens is 683 g/mol. The van der Waals surface area contributed by atoms with Gasteiger partial charge in [0.25, 0.3) is 0 Å². The first-order valence-corrected chi connectivity index (χ1v) is 22.3. The summed E-state index contributed by atoms with van der Waals surface area (Å²) >= 11 is 0. The second-order valence-electron chi connectivity index (χ2n) is 14.4. The lowest BCUT2D eigenvalue weighted by atomic mass is 10.1. The first-order chi connectivity index (χ1) is 26.1. The molecule has 0 N–H and O–H groups in total. The molecule has 0 aromatic heterocycles. The molecule has 0 fully saturated rings. The van der Waals surface area contributed by atoms with Crippen molar-refractivity contribution >= 4 is 20.5 Å². The van der Waals surface area contributed by atoms with Gasteiger partial charge in [0.05, 0.1) is 19.8 Å². The van der Waals surface area contributed by atoms with Crippen LogP contribution in [0.4, 0.5) is 0 Å². The fourth-order valence-corrected chi connectivity index (χ4v) is 7.17. The van der Waals surface area contributed by atoms with Crippen LogP contribution in [0, 0.1) is 0 Å². The van der Waals surface area contributed by atoms with Crippen molar-refractivity contribution < 1.29 is 32.6 Å². The van der Waals surface area contributed by atoms with E-state index >= 15 is 0 Å². The molecule has 1 atom stereocenters. The third-order valence-electron chi connectivity index (χ3n) is 9.42. The van der Waals surface area contributed by atoms with Crippen LogP contribution < -0.4 is 0 Å². The van der Waals surface area contributed by atoms with Gasteiger partial charge in [-0.1, -0.05) is 203 Å². The van der Waals surface area contributed by atoms with Crippen LogP contribution in [-0.2, 0) is 45.8 Å². The van der Waals surface area contributed by atoms with Gasteiger partial charge in [-0.2, -0.15) is 0 Å². The third kappa shape index (κ3) is 27.9. The van der Waals surface area contributed by atoms with Crippen LogP contribution in [0.3, 0.4) is 0 Å². The lowest BCUT2D eigenvalue weighted by Gasteiger charge is -2.22. The second-order valence-corrected chi connectivity index (χ2v) is 15.6. The average molecular weight is 757 g/mol. The molecule has 0 bridgehead atoms. The molecule has 7 nitrogen and oxygen atoms in total. The van der Waals surface area contributed by atoms with Gasteiger partial charge >= 0.3 is 20.5 Å². The first kappa shape index (κ1) is 46.8. The highest BCUT2D eigenvalue weighted by Gasteiger charge is 2.22. The van der Waals surface area contributed by atoms with Crippen LogP contribution in [0.5, 0.6) is 0 Å². The Kier molecular flexibility index (Phi) is 30.2. The van der Waals surface area contributed by atoms with Gasteiger partial charge < -0.3 is 23.0 Å². The van der Waals surface area contributed by atoms with E-state index in [1.807, 2.05) is 60.7 Å². The summed E-state index contributed by atoms with van der Waals surface area (Å²) in [6.07, 6.45) is 26.8. The van der Waals surface area contributed by atoms with Crippen molar-refractivity contribution in [2.45, 2.75) is 187 Å². The van der Waals surface area contributed by atoms with E-state index in [9.17, 15) is 9.59 Å². The number of carbonyl (C=O) groups excluding carboxylic acids is 2. The maximum atomic E-state index is 12.9. The van der Waals surface area contributed by atoms with E-state index in [2.05, 4.69) is 13.8 Å². The molecule has 0 saturated carbocycles. The first-order valence-electron chi connectivity index (χ1n) is 21.2. The second kappa shape index (κ2) is 34.2. The van der Waals surface area contributed by atoms with Gasteiger partial charge in [-0.25, -0.2) is 0 Å². The summed E-state index contributed by atoms with van der Waals surface area (Å²) in [5.41, 5.74) is 2.00. The zero-order valence-electron chi connectivity index (χ0n) is 33.5. The van der Waals surface area contributed by atoms with Crippen molar-refractivity contribution in [2.24, 2.45) is 0 Å². The maximum absolute atomic E-state index is 12.9. The van der Waals surface area contributed by atoms with E-state index in [0.717, 1.165) is 49.7 Å². The highest BCUT2D eigenvalue weighted by Crippen LogP contribution is 2.42. The van der Waals surface area contributed by atoms with Crippen LogP contribution >= 0.6 is 8.60 Å². The molecule has 8 heteroatoms. The Balaban J connectivity index is 1.80. The van der Waals surface area contributed by atoms with Crippen LogP contribution in [0.25, 0.3) is 0 Å². The summed E-state index contributed by atoms with van der Waals surface area (Å²) in [6.45, 7) is 5.09. The summed E-state index contributed by atoms with van der Waals surface area (Å²) < 4.78 is 29.7. The van der Waals surface area contributed by atoms with E-state index in [-0.39, 0.29) is 25.2 Å². The predicted molar refractivity (Wildman–Crippen MR) is 218 cm³/mol. The number of hydrogen-bond donors (Lipinski definition) is 0. The minimum absolute atomic E-state index is 0.00496. The van der Waals surface area contributed by atoms with Crippen molar-refractivity contribution in [1.82, 2.24) is 0 Å². The van der Waals surface area contributed by atoms with Crippen LogP contribution in [-0.4, -0.2) is 31.3 Å². The summed E-state index contributed by atoms with van der Waals surface area (Å²) in [7, 11) is -1.77. The Hall–Kier alpha value is -2.31. The molecule has 53 heavy (non-hydrogen) atoms. The Morgan fingerprint density at radius 3 is 1.26 bits per heavy atom. The number of unbranched alkanes of at least 4 members (excludes halogenated alkanes) is 20. The Morgan fingerprint density at radius 1 is 0.472 bits per heavy atom. The van der Waals surface area contributed by atoms with Gasteiger partial charge in [-0.3, -0.25) is 9.59 Å². The van der Waals surface area contributed by atoms with Crippen molar-refractivity contribution in [1.29, 1.82) is 0 Å². The Labute approximate surface area is 324 Å². The van der Waals surface area contributed by atoms with Crippen LogP contribution in [0.15, 0.2) is 60.7 Å². The van der Waals surface area contributed by atoms with Gasteiger partial charge in [-0.15, -0.1) is 0 Å². The number of hydrogen-bond acceptors (Lipinski definition) is 7. The standard InChI is InChI=1S/C45H73O7P/c1-3-5-7-9-11-13-15-17-19-21-29-35-44(46)48-39-43(52-45(47)36-30-22-20-18-16-14-12-10-8-6-4-2)40-51-53(49-37-41-31-25-23-26-32-41)50-38-42-33-27-24-28-34-42/h23-28,31-34,43H,3-22,29-30,35-40H2,1-2H3. The lowest BCUT2D eigenvalue weighted by Crippen LogP contribution is -2.29. The minimum Gasteiger partial charge on any atom is -0.462 e. The molecule has 2 aromatic rings. The lowest BCUT2D eigenvalue weighted by molar-refractivity contribution is -0.161. The Bertz CT molecular complexity index is 1070. The summed E-state index contributed by atoms with van der Waals surface area (Å²) in [5, 5.41) is 0. The zero-order chi connectivity index (χ0) is 37.9. The van der Waals surface area contributed by atoms with Crippen LogP contribution in [0.2, 0.25) is 0 Å². The van der Waals surface area contributed by atoms with Crippen molar-refractivity contribution in [2.75, 3.05) is 13.2 Å². The molecule has 2 aromatic carbocycles. The molecule has 0 aliphatic rings. The van der Waals surface area contributed by atoms with E-state index in [0.29, 0.717) is 26.1 Å². The van der Waals surface area contributed by atoms with Gasteiger partial charge in [-0.05, 0) is 24.0 Å². The molecule has 0 amide bonds. The molecular formula is C45H73O7P. The fraction of sp³-hybridized carbons (Fsp3) is 0.689. The van der Waals surface area contributed by atoms with Gasteiger partial charge in [0.1, 0.15) is 6.61 Å². The highest BCUT2D eigenvalue weighted by atomic mass is 31.2. The maximum Gasteiger partial charge on any atom is 0.333 e. The van der Waals surface area contributed by atoms with E-state index in [1.165, 1.54) is 103 Å². The topological polar surface area (TPSA) is 80.3 Å². The van der Waals surface area contributed by atoms with E-state index in [1.54, 1.807) is 0 Å². The molecule has 1 unspecified atom stereocenters. The molecule has 0 heterocycles. The van der Waals surface area contributed by atoms with Crippen molar-refractivity contribution in [3.05, 3.63) is 71.8 Å². The number of rotatable bonds is 36. The van der Waals surface area contributed by atoms with Gasteiger partial charge in [0.15, 0.2) is 6.10 Å². The number of ether oxygens (including phenoxy) is 2. The third-order valence-corrected chi connectivity index (χ3v) is 10.5. The van der Waals surface area contributed by atoms with E-state index < -0.39 is 14.7 Å². The normalized spacial score (nSPS) is 11.9. The van der Waals surface area contributed by atoms with Gasteiger partial charge in [0, 0.05) is 12.8 Å². The largest absolute Gasteiger partial charge is 0.462 e. The average Bonchev–Trinajstić information content (AvgIpc) is 3.18. The van der Waals surface area contributed by atoms with Crippen molar-refractivity contribution in [3.8, 4) is 0 Å². The molecule has 0 aliphatic carbocycles. The number of esters is 2. The Morgan fingerprint density at radius 2 is 0.849 bits per heavy atom. The molecule has 0 spiro atoms. The molecule has 0 saturated heterocycles. The summed E-state index contributed by atoms with van der Waals surface area (Å²) in [4.78, 5) is 25.6. The zero-order valence-corrected chi connectivity index (χ0v) is 34.3. The number of carbonyl (C=O) groups is 2. The fourth-order valence-electron chi connectivity index (χ4n) is 6.14. The summed E-state index contributed by atoms with van der Waals surface area (Å²) in [6, 6.07) is 19.7.